The minimum absolute atomic E-state index is 0.0702. The molecule has 0 saturated carbocycles. The standard InChI is InChI=1S/C29H24ClFN4O4S/c30-15-22(36)11-17-2-1-3-21(10-17)35-40(38,39)23-5-7-24(27(31)14-23)20-13-26(28(32)34-16-20)18-4-6-25-19(12-18)8-9-33-29(25)37/h1-7,10,12-14,16,35H,8-9,11,15H2,(H2,32,34)(H,33,37). The van der Waals surface area contributed by atoms with Gasteiger partial charge in [-0.3, -0.25) is 14.3 Å². The van der Waals surface area contributed by atoms with Crippen molar-refractivity contribution in [2.75, 3.05) is 22.9 Å². The van der Waals surface area contributed by atoms with E-state index in [0.29, 0.717) is 35.2 Å². The molecule has 0 atom stereocenters. The lowest BCUT2D eigenvalue weighted by atomic mass is 9.94. The summed E-state index contributed by atoms with van der Waals surface area (Å²) in [5, 5.41) is 2.80. The maximum absolute atomic E-state index is 15.3. The number of aromatic nitrogens is 1. The van der Waals surface area contributed by atoms with Crippen LogP contribution in [-0.2, 0) is 27.7 Å². The third-order valence-corrected chi connectivity index (χ3v) is 8.23. The van der Waals surface area contributed by atoms with E-state index in [1.54, 1.807) is 30.3 Å². The first-order valence-corrected chi connectivity index (χ1v) is 14.3. The lowest BCUT2D eigenvalue weighted by Crippen LogP contribution is -2.31. The summed E-state index contributed by atoms with van der Waals surface area (Å²) in [4.78, 5) is 27.7. The number of hydrogen-bond donors (Lipinski definition) is 3. The molecule has 4 N–H and O–H groups in total. The van der Waals surface area contributed by atoms with Crippen molar-refractivity contribution >= 4 is 44.8 Å². The molecular formula is C29H24ClFN4O4S. The molecule has 2 heterocycles. The van der Waals surface area contributed by atoms with Gasteiger partial charge in [0.15, 0.2) is 5.78 Å². The van der Waals surface area contributed by atoms with E-state index in [0.717, 1.165) is 17.2 Å². The first kappa shape index (κ1) is 27.3. The van der Waals surface area contributed by atoms with Crippen LogP contribution in [0.25, 0.3) is 22.3 Å². The van der Waals surface area contributed by atoms with Gasteiger partial charge in [-0.2, -0.15) is 0 Å². The molecule has 1 aliphatic heterocycles. The molecule has 0 fully saturated rings. The van der Waals surface area contributed by atoms with Crippen LogP contribution in [0.4, 0.5) is 15.9 Å². The Morgan fingerprint density at radius 3 is 2.60 bits per heavy atom. The third-order valence-electron chi connectivity index (χ3n) is 6.55. The molecular weight excluding hydrogens is 555 g/mol. The number of amides is 1. The SMILES string of the molecule is Nc1ncc(-c2ccc(S(=O)(=O)Nc3cccc(CC(=O)CCl)c3)cc2F)cc1-c1ccc2c(c1)CCNC2=O. The van der Waals surface area contributed by atoms with Gasteiger partial charge in [-0.25, -0.2) is 17.8 Å². The maximum atomic E-state index is 15.3. The quantitative estimate of drug-likeness (QED) is 0.262. The fraction of sp³-hybridized carbons (Fsp3) is 0.138. The number of nitrogens with zero attached hydrogens (tertiary/aromatic N) is 1. The van der Waals surface area contributed by atoms with Crippen LogP contribution in [0, 0.1) is 5.82 Å². The van der Waals surface area contributed by atoms with Gasteiger partial charge in [-0.05, 0) is 59.5 Å². The number of hydrogen-bond acceptors (Lipinski definition) is 6. The number of anilines is 2. The molecule has 0 aliphatic carbocycles. The Kier molecular flexibility index (Phi) is 7.55. The smallest absolute Gasteiger partial charge is 0.261 e. The molecule has 8 nitrogen and oxygen atoms in total. The minimum atomic E-state index is -4.13. The van der Waals surface area contributed by atoms with Crippen LogP contribution in [0.2, 0.25) is 0 Å². The van der Waals surface area contributed by atoms with Gasteiger partial charge in [0.1, 0.15) is 11.6 Å². The van der Waals surface area contributed by atoms with Crippen molar-refractivity contribution in [1.82, 2.24) is 10.3 Å². The Morgan fingerprint density at radius 2 is 1.82 bits per heavy atom. The summed E-state index contributed by atoms with van der Waals surface area (Å²) < 4.78 is 43.7. The lowest BCUT2D eigenvalue weighted by molar-refractivity contribution is -0.116. The lowest BCUT2D eigenvalue weighted by Gasteiger charge is -2.18. The largest absolute Gasteiger partial charge is 0.383 e. The zero-order chi connectivity index (χ0) is 28.4. The minimum Gasteiger partial charge on any atom is -0.383 e. The molecule has 11 heteroatoms. The highest BCUT2D eigenvalue weighted by Gasteiger charge is 2.20. The van der Waals surface area contributed by atoms with E-state index in [1.165, 1.54) is 30.5 Å². The number of halogens is 2. The van der Waals surface area contributed by atoms with Crippen molar-refractivity contribution < 1.29 is 22.4 Å². The van der Waals surface area contributed by atoms with Crippen molar-refractivity contribution in [1.29, 1.82) is 0 Å². The molecule has 0 bridgehead atoms. The number of pyridine rings is 1. The summed E-state index contributed by atoms with van der Waals surface area (Å²) >= 11 is 5.56. The first-order chi connectivity index (χ1) is 19.1. The maximum Gasteiger partial charge on any atom is 0.261 e. The van der Waals surface area contributed by atoms with Gasteiger partial charge in [-0.15, -0.1) is 11.6 Å². The van der Waals surface area contributed by atoms with Crippen LogP contribution in [0.1, 0.15) is 21.5 Å². The summed E-state index contributed by atoms with van der Waals surface area (Å²) in [6.07, 6.45) is 2.17. The van der Waals surface area contributed by atoms with Gasteiger partial charge in [-0.1, -0.05) is 30.3 Å². The second-order valence-electron chi connectivity index (χ2n) is 9.33. The molecule has 0 radical (unpaired) electrons. The Hall–Kier alpha value is -4.28. The summed E-state index contributed by atoms with van der Waals surface area (Å²) in [5.74, 6) is -0.989. The molecule has 5 rings (SSSR count). The monoisotopic (exact) mass is 578 g/mol. The van der Waals surface area contributed by atoms with Gasteiger partial charge >= 0.3 is 0 Å². The van der Waals surface area contributed by atoms with Crippen molar-refractivity contribution in [3.8, 4) is 22.3 Å². The van der Waals surface area contributed by atoms with Crippen LogP contribution >= 0.6 is 11.6 Å². The van der Waals surface area contributed by atoms with Gasteiger partial charge in [0.05, 0.1) is 10.8 Å². The molecule has 4 aromatic rings. The van der Waals surface area contributed by atoms with Gasteiger partial charge in [0, 0.05) is 47.1 Å². The van der Waals surface area contributed by atoms with Crippen LogP contribution in [0.15, 0.2) is 77.8 Å². The van der Waals surface area contributed by atoms with Crippen LogP contribution in [0.5, 0.6) is 0 Å². The molecule has 1 amide bonds. The second-order valence-corrected chi connectivity index (χ2v) is 11.3. The van der Waals surface area contributed by atoms with Gasteiger partial charge in [0.2, 0.25) is 0 Å². The normalized spacial score (nSPS) is 12.9. The van der Waals surface area contributed by atoms with E-state index in [9.17, 15) is 18.0 Å². The number of Topliss-reactive ketones (excluding diaryl/α,β-unsaturated/α-hetero) is 1. The molecule has 1 aromatic heterocycles. The number of nitrogens with one attached hydrogen (secondary N) is 2. The van der Waals surface area contributed by atoms with E-state index in [2.05, 4.69) is 15.0 Å². The summed E-state index contributed by atoms with van der Waals surface area (Å²) in [5.41, 5.74) is 10.3. The zero-order valence-electron chi connectivity index (χ0n) is 21.1. The molecule has 0 unspecified atom stereocenters. The van der Waals surface area contributed by atoms with E-state index < -0.39 is 15.8 Å². The Balaban J connectivity index is 1.42. The summed E-state index contributed by atoms with van der Waals surface area (Å²) in [7, 11) is -4.13. The number of rotatable bonds is 8. The van der Waals surface area contributed by atoms with Crippen LogP contribution in [-0.4, -0.2) is 37.5 Å². The van der Waals surface area contributed by atoms with E-state index in [4.69, 9.17) is 17.3 Å². The number of sulfonamides is 1. The van der Waals surface area contributed by atoms with E-state index in [1.807, 2.05) is 6.07 Å². The average molecular weight is 579 g/mol. The Morgan fingerprint density at radius 1 is 1.02 bits per heavy atom. The number of carbonyl (C=O) groups excluding carboxylic acids is 2. The number of carbonyl (C=O) groups is 2. The number of ketones is 1. The van der Waals surface area contributed by atoms with Gasteiger partial charge in [0.25, 0.3) is 15.9 Å². The predicted octanol–water partition coefficient (Wildman–Crippen LogP) is 4.57. The molecule has 40 heavy (non-hydrogen) atoms. The van der Waals surface area contributed by atoms with Crippen molar-refractivity contribution in [2.45, 2.75) is 17.7 Å². The Bertz CT molecular complexity index is 1760. The highest BCUT2D eigenvalue weighted by Crippen LogP contribution is 2.33. The highest BCUT2D eigenvalue weighted by molar-refractivity contribution is 7.92. The summed E-state index contributed by atoms with van der Waals surface area (Å²) in [6, 6.07) is 17.0. The zero-order valence-corrected chi connectivity index (χ0v) is 22.7. The predicted molar refractivity (Wildman–Crippen MR) is 152 cm³/mol. The van der Waals surface area contributed by atoms with Crippen molar-refractivity contribution in [3.05, 3.63) is 95.4 Å². The van der Waals surface area contributed by atoms with Crippen molar-refractivity contribution in [3.63, 3.8) is 0 Å². The first-order valence-electron chi connectivity index (χ1n) is 12.3. The number of fused-ring (bicyclic) bond motifs is 1. The third kappa shape index (κ3) is 5.68. The van der Waals surface area contributed by atoms with Gasteiger partial charge < -0.3 is 11.1 Å². The summed E-state index contributed by atoms with van der Waals surface area (Å²) in [6.45, 7) is 0.539. The van der Waals surface area contributed by atoms with Crippen LogP contribution in [0.3, 0.4) is 0 Å². The van der Waals surface area contributed by atoms with E-state index >= 15 is 4.39 Å². The van der Waals surface area contributed by atoms with Crippen LogP contribution < -0.4 is 15.8 Å². The fourth-order valence-corrected chi connectivity index (χ4v) is 5.74. The molecule has 3 aromatic carbocycles. The number of nitrogen functional groups attached to an aromatic ring is 1. The van der Waals surface area contributed by atoms with Crippen molar-refractivity contribution in [2.24, 2.45) is 0 Å². The second kappa shape index (κ2) is 11.1. The van der Waals surface area contributed by atoms with E-state index in [-0.39, 0.29) is 46.0 Å². The molecule has 0 spiro atoms. The molecule has 0 saturated heterocycles. The Labute approximate surface area is 235 Å². The molecule has 204 valence electrons. The fourth-order valence-electron chi connectivity index (χ4n) is 4.58. The topological polar surface area (TPSA) is 131 Å². The number of alkyl halides is 1. The average Bonchev–Trinajstić information content (AvgIpc) is 2.93. The highest BCUT2D eigenvalue weighted by atomic mass is 35.5. The molecule has 1 aliphatic rings. The number of benzene rings is 3. The number of nitrogens with two attached hydrogens (primary N) is 1.